The van der Waals surface area contributed by atoms with Crippen LogP contribution in [0.5, 0.6) is 0 Å². The fourth-order valence-electron chi connectivity index (χ4n) is 1.21. The van der Waals surface area contributed by atoms with Crippen LogP contribution in [-0.4, -0.2) is 18.1 Å². The lowest BCUT2D eigenvalue weighted by Crippen LogP contribution is -2.27. The van der Waals surface area contributed by atoms with Crippen LogP contribution < -0.4 is 5.43 Å². The van der Waals surface area contributed by atoms with Crippen molar-refractivity contribution in [2.24, 2.45) is 10.1 Å². The van der Waals surface area contributed by atoms with Gasteiger partial charge < -0.3 is 0 Å². The van der Waals surface area contributed by atoms with Gasteiger partial charge in [0.25, 0.3) is 0 Å². The number of aliphatic imine (C=N–C) groups is 1. The van der Waals surface area contributed by atoms with Crippen LogP contribution in [0.2, 0.25) is 0 Å². The van der Waals surface area contributed by atoms with Crippen LogP contribution in [0.15, 0.2) is 22.2 Å². The molecule has 1 heterocycles. The second-order valence-electron chi connectivity index (χ2n) is 2.44. The normalized spacial score (nSPS) is 28.8. The number of hydrogen-bond acceptors (Lipinski definition) is 3. The minimum atomic E-state index is 0.325. The van der Waals surface area contributed by atoms with Crippen molar-refractivity contribution in [1.29, 1.82) is 0 Å². The van der Waals surface area contributed by atoms with Gasteiger partial charge in [-0.25, -0.2) is 0 Å². The SMILES string of the molecule is C1=CC2=NNC=NC2CC1. The maximum absolute atomic E-state index is 4.23. The summed E-state index contributed by atoms with van der Waals surface area (Å²) in [5.74, 6) is 0. The predicted octanol–water partition coefficient (Wildman–Crippen LogP) is 0.692. The summed E-state index contributed by atoms with van der Waals surface area (Å²) in [6.45, 7) is 0. The van der Waals surface area contributed by atoms with E-state index in [1.54, 1.807) is 6.34 Å². The van der Waals surface area contributed by atoms with Gasteiger partial charge in [-0.15, -0.1) is 0 Å². The quantitative estimate of drug-likeness (QED) is 0.521. The first-order valence-electron chi connectivity index (χ1n) is 3.48. The van der Waals surface area contributed by atoms with Gasteiger partial charge in [-0.05, 0) is 18.9 Å². The molecule has 3 nitrogen and oxygen atoms in total. The third kappa shape index (κ3) is 0.835. The maximum atomic E-state index is 4.23. The van der Waals surface area contributed by atoms with Crippen LogP contribution in [0.3, 0.4) is 0 Å². The first-order chi connectivity index (χ1) is 4.97. The van der Waals surface area contributed by atoms with E-state index in [0.717, 1.165) is 18.6 Å². The van der Waals surface area contributed by atoms with Crippen molar-refractivity contribution >= 4 is 12.1 Å². The van der Waals surface area contributed by atoms with Gasteiger partial charge in [-0.1, -0.05) is 6.08 Å². The van der Waals surface area contributed by atoms with E-state index < -0.39 is 0 Å². The van der Waals surface area contributed by atoms with Crippen LogP contribution in [-0.2, 0) is 0 Å². The first kappa shape index (κ1) is 5.65. The van der Waals surface area contributed by atoms with Crippen molar-refractivity contribution in [3.8, 4) is 0 Å². The number of nitrogens with one attached hydrogen (secondary N) is 1. The minimum absolute atomic E-state index is 0.325. The monoisotopic (exact) mass is 135 g/mol. The van der Waals surface area contributed by atoms with E-state index in [1.807, 2.05) is 6.08 Å². The van der Waals surface area contributed by atoms with Crippen LogP contribution in [0.25, 0.3) is 0 Å². The molecule has 1 aliphatic heterocycles. The average Bonchev–Trinajstić information content (AvgIpc) is 2.05. The highest BCUT2D eigenvalue weighted by atomic mass is 15.3. The molecule has 2 rings (SSSR count). The van der Waals surface area contributed by atoms with Gasteiger partial charge in [-0.3, -0.25) is 10.4 Å². The molecule has 0 amide bonds. The van der Waals surface area contributed by atoms with E-state index >= 15 is 0 Å². The number of rotatable bonds is 0. The van der Waals surface area contributed by atoms with Crippen molar-refractivity contribution in [3.63, 3.8) is 0 Å². The summed E-state index contributed by atoms with van der Waals surface area (Å²) < 4.78 is 0. The van der Waals surface area contributed by atoms with Crippen molar-refractivity contribution in [3.05, 3.63) is 12.2 Å². The third-order valence-electron chi connectivity index (χ3n) is 1.74. The fraction of sp³-hybridized carbons (Fsp3) is 0.429. The average molecular weight is 135 g/mol. The summed E-state index contributed by atoms with van der Waals surface area (Å²) in [6, 6.07) is 0.325. The van der Waals surface area contributed by atoms with E-state index in [0.29, 0.717) is 6.04 Å². The van der Waals surface area contributed by atoms with Crippen molar-refractivity contribution in [1.82, 2.24) is 5.43 Å². The second kappa shape index (κ2) is 2.25. The Kier molecular flexibility index (Phi) is 1.27. The summed E-state index contributed by atoms with van der Waals surface area (Å²) in [7, 11) is 0. The smallest absolute Gasteiger partial charge is 0.104 e. The number of hydrogen-bond donors (Lipinski definition) is 1. The van der Waals surface area contributed by atoms with Gasteiger partial charge in [0, 0.05) is 0 Å². The van der Waals surface area contributed by atoms with Gasteiger partial charge in [0.15, 0.2) is 0 Å². The van der Waals surface area contributed by atoms with Crippen LogP contribution in [0.1, 0.15) is 12.8 Å². The molecular formula is C7H9N3. The Morgan fingerprint density at radius 3 is 3.50 bits per heavy atom. The maximum Gasteiger partial charge on any atom is 0.104 e. The highest BCUT2D eigenvalue weighted by molar-refractivity contribution is 6.01. The summed E-state index contributed by atoms with van der Waals surface area (Å²) in [5.41, 5.74) is 3.79. The zero-order valence-corrected chi connectivity index (χ0v) is 5.62. The van der Waals surface area contributed by atoms with Gasteiger partial charge in [0.05, 0.1) is 11.8 Å². The Hall–Kier alpha value is -1.12. The highest BCUT2D eigenvalue weighted by Crippen LogP contribution is 2.12. The molecular weight excluding hydrogens is 126 g/mol. The largest absolute Gasteiger partial charge is 0.268 e. The lowest BCUT2D eigenvalue weighted by Gasteiger charge is -2.17. The van der Waals surface area contributed by atoms with E-state index in [2.05, 4.69) is 21.6 Å². The van der Waals surface area contributed by atoms with E-state index in [4.69, 9.17) is 0 Å². The van der Waals surface area contributed by atoms with Crippen molar-refractivity contribution in [2.45, 2.75) is 18.9 Å². The molecule has 1 atom stereocenters. The molecule has 0 fully saturated rings. The third-order valence-corrected chi connectivity index (χ3v) is 1.74. The van der Waals surface area contributed by atoms with E-state index in [1.165, 1.54) is 0 Å². The number of hydrazone groups is 1. The Labute approximate surface area is 59.5 Å². The molecule has 0 saturated heterocycles. The second-order valence-corrected chi connectivity index (χ2v) is 2.44. The molecule has 0 aromatic heterocycles. The molecule has 0 aromatic rings. The molecule has 0 aromatic carbocycles. The predicted molar refractivity (Wildman–Crippen MR) is 41.2 cm³/mol. The van der Waals surface area contributed by atoms with Crippen molar-refractivity contribution in [2.75, 3.05) is 0 Å². The number of fused-ring (bicyclic) bond motifs is 1. The summed E-state index contributed by atoms with van der Waals surface area (Å²) >= 11 is 0. The topological polar surface area (TPSA) is 36.8 Å². The summed E-state index contributed by atoms with van der Waals surface area (Å²) in [4.78, 5) is 4.23. The number of nitrogens with zero attached hydrogens (tertiary/aromatic N) is 2. The lowest BCUT2D eigenvalue weighted by molar-refractivity contribution is 0.733. The van der Waals surface area contributed by atoms with Crippen LogP contribution in [0, 0.1) is 0 Å². The van der Waals surface area contributed by atoms with E-state index in [9.17, 15) is 0 Å². The summed E-state index contributed by atoms with van der Waals surface area (Å²) in [6.07, 6.45) is 8.07. The molecule has 0 spiro atoms. The zero-order chi connectivity index (χ0) is 6.81. The molecule has 2 aliphatic rings. The van der Waals surface area contributed by atoms with Crippen molar-refractivity contribution < 1.29 is 0 Å². The van der Waals surface area contributed by atoms with Crippen LogP contribution >= 0.6 is 0 Å². The molecule has 1 aliphatic carbocycles. The number of allylic oxidation sites excluding steroid dienone is 1. The van der Waals surface area contributed by atoms with E-state index in [-0.39, 0.29) is 0 Å². The molecule has 1 N–H and O–H groups in total. The lowest BCUT2D eigenvalue weighted by atomic mass is 10.0. The standard InChI is InChI=1S/C7H9N3/c1-2-4-7-6(3-1)8-5-9-10-7/h2,4-6H,1,3H2,(H,8,9). The van der Waals surface area contributed by atoms with Gasteiger partial charge in [0.1, 0.15) is 6.34 Å². The molecule has 1 unspecified atom stereocenters. The minimum Gasteiger partial charge on any atom is -0.268 e. The molecule has 52 valence electrons. The zero-order valence-electron chi connectivity index (χ0n) is 5.62. The van der Waals surface area contributed by atoms with Gasteiger partial charge in [0.2, 0.25) is 0 Å². The summed E-state index contributed by atoms with van der Waals surface area (Å²) in [5, 5.41) is 4.08. The molecule has 0 bridgehead atoms. The molecule has 3 heteroatoms. The Balaban J connectivity index is 2.26. The molecule has 0 saturated carbocycles. The Bertz CT molecular complexity index is 215. The Morgan fingerprint density at radius 1 is 1.60 bits per heavy atom. The molecule has 10 heavy (non-hydrogen) atoms. The van der Waals surface area contributed by atoms with Gasteiger partial charge in [-0.2, -0.15) is 5.10 Å². The first-order valence-corrected chi connectivity index (χ1v) is 3.48. The highest BCUT2D eigenvalue weighted by Gasteiger charge is 2.16. The van der Waals surface area contributed by atoms with Gasteiger partial charge >= 0.3 is 0 Å². The fourth-order valence-corrected chi connectivity index (χ4v) is 1.21. The van der Waals surface area contributed by atoms with Crippen LogP contribution in [0.4, 0.5) is 0 Å². The Morgan fingerprint density at radius 2 is 2.60 bits per heavy atom. The molecule has 0 radical (unpaired) electrons.